The number of rotatable bonds is 5. The van der Waals surface area contributed by atoms with Gasteiger partial charge in [-0.1, -0.05) is 36.0 Å². The van der Waals surface area contributed by atoms with Crippen LogP contribution in [0.4, 0.5) is 18.9 Å². The van der Waals surface area contributed by atoms with Crippen LogP contribution in [-0.2, 0) is 11.0 Å². The third-order valence-electron chi connectivity index (χ3n) is 5.07. The molecule has 0 radical (unpaired) electrons. The van der Waals surface area contributed by atoms with E-state index in [4.69, 9.17) is 0 Å². The first-order chi connectivity index (χ1) is 15.6. The van der Waals surface area contributed by atoms with Crippen molar-refractivity contribution in [2.75, 3.05) is 11.1 Å². The maximum atomic E-state index is 13.1. The van der Waals surface area contributed by atoms with Crippen LogP contribution in [0.5, 0.6) is 0 Å². The van der Waals surface area contributed by atoms with Crippen LogP contribution in [0, 0.1) is 13.8 Å². The minimum atomic E-state index is -4.60. The number of aromatic amines is 1. The van der Waals surface area contributed by atoms with Crippen molar-refractivity contribution >= 4 is 34.4 Å². The molecule has 11 heteroatoms. The highest BCUT2D eigenvalue weighted by Gasteiger charge is 2.33. The standard InChI is InChI=1S/C22H18F3N5O2S/c1-12-6-5-9-17(13(12)2)30-19-14(10-26-30)20(32)29-21(28-19)33-11-18(31)27-16-8-4-3-7-15(16)22(23,24)25/h3-10H,11H2,1-2H3,(H,27,31)(H,28,29,32). The Labute approximate surface area is 190 Å². The van der Waals surface area contributed by atoms with Crippen molar-refractivity contribution in [3.63, 3.8) is 0 Å². The first kappa shape index (κ1) is 22.6. The molecule has 0 aliphatic carbocycles. The van der Waals surface area contributed by atoms with Gasteiger partial charge in [-0.2, -0.15) is 18.3 Å². The van der Waals surface area contributed by atoms with Gasteiger partial charge in [0.2, 0.25) is 5.91 Å². The summed E-state index contributed by atoms with van der Waals surface area (Å²) in [4.78, 5) is 31.8. The van der Waals surface area contributed by atoms with Gasteiger partial charge in [0.1, 0.15) is 5.39 Å². The molecule has 0 saturated carbocycles. The SMILES string of the molecule is Cc1cccc(-n2ncc3c(=O)[nH]c(SCC(=O)Nc4ccccc4C(F)(F)F)nc32)c1C. The molecular formula is C22H18F3N5O2S. The predicted molar refractivity (Wildman–Crippen MR) is 120 cm³/mol. The van der Waals surface area contributed by atoms with E-state index in [0.29, 0.717) is 5.65 Å². The Morgan fingerprint density at radius 3 is 2.67 bits per heavy atom. The molecule has 0 atom stereocenters. The Balaban J connectivity index is 1.57. The molecule has 4 aromatic rings. The smallest absolute Gasteiger partial charge is 0.325 e. The number of nitrogens with one attached hydrogen (secondary N) is 2. The van der Waals surface area contributed by atoms with Crippen molar-refractivity contribution in [2.24, 2.45) is 0 Å². The van der Waals surface area contributed by atoms with E-state index >= 15 is 0 Å². The molecule has 2 aromatic carbocycles. The molecule has 170 valence electrons. The van der Waals surface area contributed by atoms with Crippen LogP contribution in [0.3, 0.4) is 0 Å². The zero-order valence-electron chi connectivity index (χ0n) is 17.5. The zero-order chi connectivity index (χ0) is 23.8. The number of H-pyrrole nitrogens is 1. The second-order valence-electron chi connectivity index (χ2n) is 7.26. The lowest BCUT2D eigenvalue weighted by atomic mass is 10.1. The van der Waals surface area contributed by atoms with Crippen molar-refractivity contribution < 1.29 is 18.0 Å². The topological polar surface area (TPSA) is 92.7 Å². The molecule has 0 bridgehead atoms. The minimum Gasteiger partial charge on any atom is -0.325 e. The molecule has 1 amide bonds. The maximum absolute atomic E-state index is 13.1. The van der Waals surface area contributed by atoms with Crippen LogP contribution in [0.15, 0.2) is 58.6 Å². The number of nitrogens with zero attached hydrogens (tertiary/aromatic N) is 3. The zero-order valence-corrected chi connectivity index (χ0v) is 18.3. The van der Waals surface area contributed by atoms with Crippen molar-refractivity contribution in [1.82, 2.24) is 19.7 Å². The number of carbonyl (C=O) groups is 1. The number of hydrogen-bond acceptors (Lipinski definition) is 5. The first-order valence-corrected chi connectivity index (χ1v) is 10.8. The molecule has 0 spiro atoms. The van der Waals surface area contributed by atoms with E-state index in [1.54, 1.807) is 4.68 Å². The maximum Gasteiger partial charge on any atom is 0.418 e. The number of aromatic nitrogens is 4. The highest BCUT2D eigenvalue weighted by Crippen LogP contribution is 2.34. The Hall–Kier alpha value is -3.60. The lowest BCUT2D eigenvalue weighted by molar-refractivity contribution is -0.137. The molecule has 2 N–H and O–H groups in total. The second kappa shape index (κ2) is 8.74. The number of benzene rings is 2. The van der Waals surface area contributed by atoms with Gasteiger partial charge < -0.3 is 10.3 Å². The third kappa shape index (κ3) is 4.63. The fourth-order valence-corrected chi connectivity index (χ4v) is 3.92. The van der Waals surface area contributed by atoms with Crippen molar-refractivity contribution in [2.45, 2.75) is 25.2 Å². The van der Waals surface area contributed by atoms with Crippen LogP contribution in [0.25, 0.3) is 16.7 Å². The van der Waals surface area contributed by atoms with Crippen LogP contribution >= 0.6 is 11.8 Å². The number of anilines is 1. The summed E-state index contributed by atoms with van der Waals surface area (Å²) in [5.74, 6) is -0.916. The molecule has 2 aromatic heterocycles. The minimum absolute atomic E-state index is 0.152. The molecular weight excluding hydrogens is 455 g/mol. The number of amides is 1. The largest absolute Gasteiger partial charge is 0.418 e. The average Bonchev–Trinajstić information content (AvgIpc) is 3.18. The van der Waals surface area contributed by atoms with Gasteiger partial charge in [-0.25, -0.2) is 9.67 Å². The molecule has 7 nitrogen and oxygen atoms in total. The van der Waals surface area contributed by atoms with Crippen LogP contribution in [-0.4, -0.2) is 31.4 Å². The van der Waals surface area contributed by atoms with E-state index in [9.17, 15) is 22.8 Å². The van der Waals surface area contributed by atoms with Crippen molar-refractivity contribution in [3.05, 3.63) is 75.7 Å². The third-order valence-corrected chi connectivity index (χ3v) is 5.94. The number of hydrogen-bond donors (Lipinski definition) is 2. The monoisotopic (exact) mass is 473 g/mol. The fourth-order valence-electron chi connectivity index (χ4n) is 3.27. The number of fused-ring (bicyclic) bond motifs is 1. The van der Waals surface area contributed by atoms with E-state index in [0.717, 1.165) is 34.6 Å². The van der Waals surface area contributed by atoms with E-state index in [-0.39, 0.29) is 22.0 Å². The second-order valence-corrected chi connectivity index (χ2v) is 8.23. The lowest BCUT2D eigenvalue weighted by Crippen LogP contribution is -2.18. The summed E-state index contributed by atoms with van der Waals surface area (Å²) < 4.78 is 40.9. The number of halogens is 3. The molecule has 2 heterocycles. The molecule has 0 aliphatic heterocycles. The van der Waals surface area contributed by atoms with E-state index in [1.165, 1.54) is 24.4 Å². The Bertz CT molecular complexity index is 1410. The van der Waals surface area contributed by atoms with Gasteiger partial charge in [0.15, 0.2) is 10.8 Å². The molecule has 0 aliphatic rings. The summed E-state index contributed by atoms with van der Waals surface area (Å²) in [5.41, 5.74) is 1.40. The van der Waals surface area contributed by atoms with Gasteiger partial charge in [0.25, 0.3) is 5.56 Å². The summed E-state index contributed by atoms with van der Waals surface area (Å²) in [6.07, 6.45) is -3.18. The van der Waals surface area contributed by atoms with Gasteiger partial charge >= 0.3 is 6.18 Å². The van der Waals surface area contributed by atoms with Crippen molar-refractivity contribution in [1.29, 1.82) is 0 Å². The molecule has 33 heavy (non-hydrogen) atoms. The van der Waals surface area contributed by atoms with Crippen LogP contribution in [0.1, 0.15) is 16.7 Å². The van der Waals surface area contributed by atoms with E-state index < -0.39 is 23.2 Å². The molecule has 4 rings (SSSR count). The molecule has 0 unspecified atom stereocenters. The van der Waals surface area contributed by atoms with Gasteiger partial charge in [-0.05, 0) is 43.2 Å². The summed E-state index contributed by atoms with van der Waals surface area (Å²) in [7, 11) is 0. The Morgan fingerprint density at radius 1 is 1.15 bits per heavy atom. The average molecular weight is 473 g/mol. The summed E-state index contributed by atoms with van der Waals surface area (Å²) >= 11 is 0.904. The van der Waals surface area contributed by atoms with Crippen molar-refractivity contribution in [3.8, 4) is 5.69 Å². The number of aryl methyl sites for hydroxylation is 1. The normalized spacial score (nSPS) is 11.7. The molecule has 0 fully saturated rings. The number of thioether (sulfide) groups is 1. The number of para-hydroxylation sites is 1. The van der Waals surface area contributed by atoms with Crippen LogP contribution < -0.4 is 10.9 Å². The molecule has 0 saturated heterocycles. The lowest BCUT2D eigenvalue weighted by Gasteiger charge is -2.13. The van der Waals surface area contributed by atoms with E-state index in [2.05, 4.69) is 20.4 Å². The number of alkyl halides is 3. The van der Waals surface area contributed by atoms with Gasteiger partial charge in [0.05, 0.1) is 28.9 Å². The summed E-state index contributed by atoms with van der Waals surface area (Å²) in [6, 6.07) is 10.4. The summed E-state index contributed by atoms with van der Waals surface area (Å²) in [5, 5.41) is 6.99. The summed E-state index contributed by atoms with van der Waals surface area (Å²) in [6.45, 7) is 3.89. The van der Waals surface area contributed by atoms with Gasteiger partial charge in [-0.15, -0.1) is 0 Å². The predicted octanol–water partition coefficient (Wildman–Crippen LogP) is 4.48. The Morgan fingerprint density at radius 2 is 1.91 bits per heavy atom. The highest BCUT2D eigenvalue weighted by molar-refractivity contribution is 7.99. The fraction of sp³-hybridized carbons (Fsp3) is 0.182. The highest BCUT2D eigenvalue weighted by atomic mass is 32.2. The number of carbonyl (C=O) groups excluding carboxylic acids is 1. The van der Waals surface area contributed by atoms with E-state index in [1.807, 2.05) is 32.0 Å². The Kier molecular flexibility index (Phi) is 5.98. The van der Waals surface area contributed by atoms with Gasteiger partial charge in [-0.3, -0.25) is 9.59 Å². The van der Waals surface area contributed by atoms with Crippen LogP contribution in [0.2, 0.25) is 0 Å². The first-order valence-electron chi connectivity index (χ1n) is 9.78. The van der Waals surface area contributed by atoms with Gasteiger partial charge in [0, 0.05) is 0 Å². The quantitative estimate of drug-likeness (QED) is 0.330.